The molecule has 3 heteroatoms. The number of methoxy groups -OCH3 is 1. The van der Waals surface area contributed by atoms with Crippen LogP contribution < -0.4 is 5.32 Å². The summed E-state index contributed by atoms with van der Waals surface area (Å²) in [6.45, 7) is 7.31. The fraction of sp³-hybridized carbons (Fsp3) is 1.00. The van der Waals surface area contributed by atoms with E-state index in [-0.39, 0.29) is 17.7 Å². The molecule has 0 aliphatic carbocycles. The number of aliphatic hydroxyl groups excluding tert-OH is 1. The van der Waals surface area contributed by atoms with Gasteiger partial charge >= 0.3 is 0 Å². The van der Waals surface area contributed by atoms with Gasteiger partial charge in [0, 0.05) is 19.6 Å². The summed E-state index contributed by atoms with van der Waals surface area (Å²) in [6, 6.07) is 0.239. The van der Waals surface area contributed by atoms with Gasteiger partial charge in [0.1, 0.15) is 0 Å². The highest BCUT2D eigenvalue weighted by atomic mass is 16.5. The Kier molecular flexibility index (Phi) is 4.56. The normalized spacial score (nSPS) is 30.2. The summed E-state index contributed by atoms with van der Waals surface area (Å²) < 4.78 is 5.34. The molecule has 0 amide bonds. The van der Waals surface area contributed by atoms with Crippen LogP contribution in [0.3, 0.4) is 0 Å². The van der Waals surface area contributed by atoms with Crippen LogP contribution in [0.1, 0.15) is 40.0 Å². The van der Waals surface area contributed by atoms with E-state index in [0.717, 1.165) is 18.9 Å². The minimum absolute atomic E-state index is 0.234. The Bertz CT molecular complexity index is 194. The lowest BCUT2D eigenvalue weighted by molar-refractivity contribution is -0.0323. The van der Waals surface area contributed by atoms with Gasteiger partial charge in [0.25, 0.3) is 0 Å². The Labute approximate surface area is 93.2 Å². The quantitative estimate of drug-likeness (QED) is 0.747. The lowest BCUT2D eigenvalue weighted by atomic mass is 9.87. The van der Waals surface area contributed by atoms with Crippen molar-refractivity contribution in [2.24, 2.45) is 5.92 Å². The minimum Gasteiger partial charge on any atom is -0.391 e. The van der Waals surface area contributed by atoms with Gasteiger partial charge in [-0.3, -0.25) is 0 Å². The summed E-state index contributed by atoms with van der Waals surface area (Å²) in [5.74, 6) is 0.719. The van der Waals surface area contributed by atoms with Gasteiger partial charge in [-0.25, -0.2) is 0 Å². The van der Waals surface area contributed by atoms with Gasteiger partial charge in [-0.05, 0) is 39.2 Å². The van der Waals surface area contributed by atoms with E-state index in [1.807, 2.05) is 13.8 Å². The third-order valence-corrected chi connectivity index (χ3v) is 3.42. The summed E-state index contributed by atoms with van der Waals surface area (Å²) in [6.07, 6.45) is 2.67. The first-order valence-corrected chi connectivity index (χ1v) is 5.91. The number of ether oxygens (including phenoxy) is 1. The van der Waals surface area contributed by atoms with Crippen molar-refractivity contribution in [3.8, 4) is 0 Å². The second-order valence-corrected chi connectivity index (χ2v) is 5.43. The highest BCUT2D eigenvalue weighted by Gasteiger charge is 2.29. The van der Waals surface area contributed by atoms with Gasteiger partial charge in [0.2, 0.25) is 0 Å². The molecule has 3 atom stereocenters. The summed E-state index contributed by atoms with van der Waals surface area (Å²) in [5, 5.41) is 13.5. The van der Waals surface area contributed by atoms with Crippen molar-refractivity contribution < 1.29 is 9.84 Å². The van der Waals surface area contributed by atoms with Gasteiger partial charge < -0.3 is 15.2 Å². The maximum atomic E-state index is 10.1. The van der Waals surface area contributed by atoms with Gasteiger partial charge in [-0.15, -0.1) is 0 Å². The number of hydrogen-bond acceptors (Lipinski definition) is 3. The number of nitrogens with one attached hydrogen (secondary N) is 1. The van der Waals surface area contributed by atoms with E-state index in [2.05, 4.69) is 12.2 Å². The van der Waals surface area contributed by atoms with E-state index in [4.69, 9.17) is 4.74 Å². The fourth-order valence-corrected chi connectivity index (χ4v) is 2.17. The van der Waals surface area contributed by atoms with E-state index < -0.39 is 0 Å². The van der Waals surface area contributed by atoms with Crippen LogP contribution in [-0.2, 0) is 4.74 Å². The molecule has 3 nitrogen and oxygen atoms in total. The average Bonchev–Trinajstić information content (AvgIpc) is 2.17. The zero-order valence-corrected chi connectivity index (χ0v) is 10.4. The number of aliphatic hydroxyl groups is 1. The molecule has 90 valence electrons. The maximum Gasteiger partial charge on any atom is 0.0720 e. The van der Waals surface area contributed by atoms with E-state index in [0.29, 0.717) is 6.42 Å². The van der Waals surface area contributed by atoms with Crippen LogP contribution in [0.15, 0.2) is 0 Å². The van der Waals surface area contributed by atoms with Crippen molar-refractivity contribution in [3.63, 3.8) is 0 Å². The third kappa shape index (κ3) is 4.09. The molecule has 1 rings (SSSR count). The molecule has 0 bridgehead atoms. The molecule has 1 aliphatic rings. The van der Waals surface area contributed by atoms with Crippen molar-refractivity contribution in [1.29, 1.82) is 0 Å². The SMILES string of the molecule is COC(C)(C)CC(O)C1CC(C)CCN1. The third-order valence-electron chi connectivity index (χ3n) is 3.42. The second kappa shape index (κ2) is 5.28. The Morgan fingerprint density at radius 3 is 2.73 bits per heavy atom. The molecule has 1 saturated heterocycles. The van der Waals surface area contributed by atoms with Crippen LogP contribution in [0.25, 0.3) is 0 Å². The Morgan fingerprint density at radius 1 is 1.53 bits per heavy atom. The van der Waals surface area contributed by atoms with Crippen LogP contribution in [-0.4, -0.2) is 36.5 Å². The molecule has 15 heavy (non-hydrogen) atoms. The molecule has 0 spiro atoms. The highest BCUT2D eigenvalue weighted by Crippen LogP contribution is 2.23. The molecule has 2 N–H and O–H groups in total. The minimum atomic E-state index is -0.303. The summed E-state index contributed by atoms with van der Waals surface area (Å²) in [4.78, 5) is 0. The zero-order chi connectivity index (χ0) is 11.5. The Balaban J connectivity index is 2.42. The first kappa shape index (κ1) is 12.9. The van der Waals surface area contributed by atoms with Crippen molar-refractivity contribution in [2.45, 2.75) is 57.8 Å². The van der Waals surface area contributed by atoms with Crippen LogP contribution >= 0.6 is 0 Å². The molecule has 0 aromatic heterocycles. The first-order valence-electron chi connectivity index (χ1n) is 5.91. The van der Waals surface area contributed by atoms with Crippen molar-refractivity contribution >= 4 is 0 Å². The predicted molar refractivity (Wildman–Crippen MR) is 61.9 cm³/mol. The monoisotopic (exact) mass is 215 g/mol. The standard InChI is InChI=1S/C12H25NO2/c1-9-5-6-13-10(7-9)11(14)8-12(2,3)15-4/h9-11,13-14H,5-8H2,1-4H3. The molecule has 3 unspecified atom stereocenters. The number of rotatable bonds is 4. The van der Waals surface area contributed by atoms with Gasteiger partial charge in [-0.1, -0.05) is 6.92 Å². The smallest absolute Gasteiger partial charge is 0.0720 e. The average molecular weight is 215 g/mol. The van der Waals surface area contributed by atoms with Crippen LogP contribution in [0.4, 0.5) is 0 Å². The molecular formula is C12H25NO2. The van der Waals surface area contributed by atoms with Gasteiger partial charge in [0.15, 0.2) is 0 Å². The topological polar surface area (TPSA) is 41.5 Å². The molecular weight excluding hydrogens is 190 g/mol. The summed E-state index contributed by atoms with van der Waals surface area (Å²) in [5.41, 5.74) is -0.234. The molecule has 0 radical (unpaired) electrons. The number of hydrogen-bond donors (Lipinski definition) is 2. The molecule has 1 aliphatic heterocycles. The van der Waals surface area contributed by atoms with Crippen molar-refractivity contribution in [3.05, 3.63) is 0 Å². The van der Waals surface area contributed by atoms with E-state index in [1.165, 1.54) is 6.42 Å². The molecule has 1 heterocycles. The van der Waals surface area contributed by atoms with Crippen LogP contribution in [0, 0.1) is 5.92 Å². The van der Waals surface area contributed by atoms with E-state index in [1.54, 1.807) is 7.11 Å². The van der Waals surface area contributed by atoms with Crippen molar-refractivity contribution in [1.82, 2.24) is 5.32 Å². The molecule has 0 aromatic carbocycles. The van der Waals surface area contributed by atoms with E-state index in [9.17, 15) is 5.11 Å². The van der Waals surface area contributed by atoms with E-state index >= 15 is 0 Å². The van der Waals surface area contributed by atoms with Crippen LogP contribution in [0.2, 0.25) is 0 Å². The molecule has 0 aromatic rings. The Hall–Kier alpha value is -0.120. The lowest BCUT2D eigenvalue weighted by Crippen LogP contribution is -2.47. The van der Waals surface area contributed by atoms with Gasteiger partial charge in [0.05, 0.1) is 11.7 Å². The highest BCUT2D eigenvalue weighted by molar-refractivity contribution is 4.86. The van der Waals surface area contributed by atoms with Gasteiger partial charge in [-0.2, -0.15) is 0 Å². The molecule has 0 saturated carbocycles. The molecule has 1 fully saturated rings. The second-order valence-electron chi connectivity index (χ2n) is 5.43. The summed E-state index contributed by atoms with van der Waals surface area (Å²) in [7, 11) is 1.70. The van der Waals surface area contributed by atoms with Crippen LogP contribution in [0.5, 0.6) is 0 Å². The predicted octanol–water partition coefficient (Wildman–Crippen LogP) is 1.55. The first-order chi connectivity index (χ1) is 6.94. The Morgan fingerprint density at radius 2 is 2.20 bits per heavy atom. The fourth-order valence-electron chi connectivity index (χ4n) is 2.17. The zero-order valence-electron chi connectivity index (χ0n) is 10.4. The number of piperidine rings is 1. The summed E-state index contributed by atoms with van der Waals surface area (Å²) >= 11 is 0. The maximum absolute atomic E-state index is 10.1. The largest absolute Gasteiger partial charge is 0.391 e. The van der Waals surface area contributed by atoms with Crippen molar-refractivity contribution in [2.75, 3.05) is 13.7 Å². The lowest BCUT2D eigenvalue weighted by Gasteiger charge is -2.35.